The van der Waals surface area contributed by atoms with Gasteiger partial charge < -0.3 is 9.84 Å². The second-order valence-corrected chi connectivity index (χ2v) is 10.3. The number of aryl methyl sites for hydroxylation is 1. The van der Waals surface area contributed by atoms with Crippen LogP contribution in [0.4, 0.5) is 0 Å². The highest BCUT2D eigenvalue weighted by molar-refractivity contribution is 5.82. The summed E-state index contributed by atoms with van der Waals surface area (Å²) in [6.45, 7) is 4.88. The fraction of sp³-hybridized carbons (Fsp3) is 0.536. The number of piperidine rings is 1. The molecule has 3 fully saturated rings. The van der Waals surface area contributed by atoms with Gasteiger partial charge in [0.25, 0.3) is 0 Å². The number of rotatable bonds is 6. The number of carbonyl (C=O) groups excluding carboxylic acids is 1. The summed E-state index contributed by atoms with van der Waals surface area (Å²) in [6, 6.07) is 18.4. The molecule has 1 heterocycles. The van der Waals surface area contributed by atoms with Crippen LogP contribution >= 0.6 is 0 Å². The number of carbonyl (C=O) groups is 1. The Kier molecular flexibility index (Phi) is 6.09. The molecule has 170 valence electrons. The average molecular weight is 434 g/mol. The Labute approximate surface area is 191 Å². The number of fused-ring (bicyclic) bond motifs is 2. The maximum absolute atomic E-state index is 13.6. The average Bonchev–Trinajstić information content (AvgIpc) is 3.41. The van der Waals surface area contributed by atoms with E-state index in [1.807, 2.05) is 31.2 Å². The number of benzene rings is 2. The molecular formula is C28H35NO3. The Morgan fingerprint density at radius 1 is 0.969 bits per heavy atom. The number of likely N-dealkylation sites (tertiary alicyclic amines) is 1. The fourth-order valence-electron chi connectivity index (χ4n) is 6.32. The standard InChI is InChI=1S/C28H35NO3/c1-20-11-15-25(16-12-20)28(31,24-9-5-6-10-24)27(30)32-26-22-13-14-23(26)19-29(18-22)17-21-7-3-2-4-8-21/h2-4,7-8,11-12,15-16,22-24,26,31H,5-6,9-10,13-14,17-19H2,1H3. The summed E-state index contributed by atoms with van der Waals surface area (Å²) in [5.41, 5.74) is 1.61. The van der Waals surface area contributed by atoms with Gasteiger partial charge in [0.2, 0.25) is 0 Å². The van der Waals surface area contributed by atoms with Gasteiger partial charge in [0, 0.05) is 37.4 Å². The van der Waals surface area contributed by atoms with Crippen LogP contribution < -0.4 is 0 Å². The molecule has 5 rings (SSSR count). The zero-order valence-electron chi connectivity index (χ0n) is 19.1. The number of esters is 1. The maximum atomic E-state index is 13.6. The molecule has 1 aliphatic heterocycles. The van der Waals surface area contributed by atoms with Crippen LogP contribution in [0.5, 0.6) is 0 Å². The van der Waals surface area contributed by atoms with E-state index in [1.165, 1.54) is 5.56 Å². The van der Waals surface area contributed by atoms with Crippen LogP contribution in [0.1, 0.15) is 55.2 Å². The van der Waals surface area contributed by atoms with E-state index < -0.39 is 11.6 Å². The van der Waals surface area contributed by atoms with Gasteiger partial charge in [-0.1, -0.05) is 73.0 Å². The van der Waals surface area contributed by atoms with E-state index >= 15 is 0 Å². The van der Waals surface area contributed by atoms with Crippen LogP contribution in [0.25, 0.3) is 0 Å². The van der Waals surface area contributed by atoms with Crippen molar-refractivity contribution >= 4 is 5.97 Å². The Bertz CT molecular complexity index is 907. The van der Waals surface area contributed by atoms with E-state index in [4.69, 9.17) is 4.74 Å². The van der Waals surface area contributed by atoms with Gasteiger partial charge in [-0.25, -0.2) is 4.79 Å². The van der Waals surface area contributed by atoms with Crippen LogP contribution in [-0.2, 0) is 21.7 Å². The number of hydrogen-bond acceptors (Lipinski definition) is 4. The summed E-state index contributed by atoms with van der Waals surface area (Å²) in [5.74, 6) is 0.222. The van der Waals surface area contributed by atoms with E-state index in [2.05, 4.69) is 35.2 Å². The van der Waals surface area contributed by atoms with Crippen molar-refractivity contribution in [3.8, 4) is 0 Å². The van der Waals surface area contributed by atoms with Gasteiger partial charge in [0.15, 0.2) is 5.60 Å². The fourth-order valence-corrected chi connectivity index (χ4v) is 6.32. The molecule has 0 amide bonds. The highest BCUT2D eigenvalue weighted by Gasteiger charge is 2.51. The maximum Gasteiger partial charge on any atom is 0.343 e. The molecule has 2 aromatic carbocycles. The first-order chi connectivity index (χ1) is 15.5. The highest BCUT2D eigenvalue weighted by Crippen LogP contribution is 2.44. The molecule has 4 heteroatoms. The van der Waals surface area contributed by atoms with E-state index in [1.54, 1.807) is 0 Å². The third kappa shape index (κ3) is 4.11. The summed E-state index contributed by atoms with van der Waals surface area (Å²) in [6.07, 6.45) is 6.00. The predicted molar refractivity (Wildman–Crippen MR) is 125 cm³/mol. The molecule has 3 atom stereocenters. The molecule has 0 aromatic heterocycles. The largest absolute Gasteiger partial charge is 0.459 e. The van der Waals surface area contributed by atoms with Crippen molar-refractivity contribution in [1.29, 1.82) is 0 Å². The lowest BCUT2D eigenvalue weighted by atomic mass is 9.79. The van der Waals surface area contributed by atoms with Crippen molar-refractivity contribution in [1.82, 2.24) is 4.90 Å². The Morgan fingerprint density at radius 2 is 1.59 bits per heavy atom. The van der Waals surface area contributed by atoms with Crippen molar-refractivity contribution in [2.45, 2.75) is 63.7 Å². The smallest absolute Gasteiger partial charge is 0.343 e. The van der Waals surface area contributed by atoms with Gasteiger partial charge in [-0.15, -0.1) is 0 Å². The molecule has 2 bridgehead atoms. The van der Waals surface area contributed by atoms with Crippen LogP contribution in [0.15, 0.2) is 54.6 Å². The Balaban J connectivity index is 1.31. The summed E-state index contributed by atoms with van der Waals surface area (Å²) >= 11 is 0. The van der Waals surface area contributed by atoms with Crippen molar-refractivity contribution in [2.75, 3.05) is 13.1 Å². The zero-order chi connectivity index (χ0) is 22.1. The minimum absolute atomic E-state index is 0.0615. The molecule has 2 aliphatic carbocycles. The van der Waals surface area contributed by atoms with Crippen molar-refractivity contribution in [3.05, 3.63) is 71.3 Å². The van der Waals surface area contributed by atoms with E-state index in [-0.39, 0.29) is 12.0 Å². The zero-order valence-corrected chi connectivity index (χ0v) is 19.1. The first-order valence-electron chi connectivity index (χ1n) is 12.3. The Morgan fingerprint density at radius 3 is 2.22 bits per heavy atom. The topological polar surface area (TPSA) is 49.8 Å². The SMILES string of the molecule is Cc1ccc(C(O)(C(=O)OC2C3CCC2CN(Cc2ccccc2)C3)C2CCCC2)cc1. The monoisotopic (exact) mass is 433 g/mol. The van der Waals surface area contributed by atoms with Gasteiger partial charge in [0.1, 0.15) is 6.10 Å². The van der Waals surface area contributed by atoms with E-state index in [0.717, 1.165) is 63.7 Å². The van der Waals surface area contributed by atoms with Crippen molar-refractivity contribution in [2.24, 2.45) is 17.8 Å². The summed E-state index contributed by atoms with van der Waals surface area (Å²) in [7, 11) is 0. The molecule has 2 aromatic rings. The van der Waals surface area contributed by atoms with Gasteiger partial charge in [0.05, 0.1) is 0 Å². The Hall–Kier alpha value is -2.17. The lowest BCUT2D eigenvalue weighted by Crippen LogP contribution is -2.50. The molecule has 3 unspecified atom stereocenters. The summed E-state index contributed by atoms with van der Waals surface area (Å²) < 4.78 is 6.22. The second-order valence-electron chi connectivity index (χ2n) is 10.3. The van der Waals surface area contributed by atoms with Crippen molar-refractivity contribution in [3.63, 3.8) is 0 Å². The third-order valence-corrected chi connectivity index (χ3v) is 8.06. The van der Waals surface area contributed by atoms with Crippen LogP contribution in [0.2, 0.25) is 0 Å². The minimum atomic E-state index is -1.54. The number of ether oxygens (including phenoxy) is 1. The second kappa shape index (κ2) is 8.99. The lowest BCUT2D eigenvalue weighted by Gasteiger charge is -2.40. The van der Waals surface area contributed by atoms with Crippen molar-refractivity contribution < 1.29 is 14.6 Å². The van der Waals surface area contributed by atoms with Crippen LogP contribution in [0.3, 0.4) is 0 Å². The molecular weight excluding hydrogens is 398 g/mol. The number of nitrogens with zero attached hydrogens (tertiary/aromatic N) is 1. The third-order valence-electron chi connectivity index (χ3n) is 8.06. The van der Waals surface area contributed by atoms with Crippen LogP contribution in [0, 0.1) is 24.7 Å². The molecule has 1 N–H and O–H groups in total. The molecule has 32 heavy (non-hydrogen) atoms. The lowest BCUT2D eigenvalue weighted by molar-refractivity contribution is -0.186. The predicted octanol–water partition coefficient (Wildman–Crippen LogP) is 4.83. The minimum Gasteiger partial charge on any atom is -0.459 e. The first-order valence-corrected chi connectivity index (χ1v) is 12.3. The first kappa shape index (κ1) is 21.7. The molecule has 2 saturated carbocycles. The summed E-state index contributed by atoms with van der Waals surface area (Å²) in [4.78, 5) is 16.1. The molecule has 1 saturated heterocycles. The van der Waals surface area contributed by atoms with E-state index in [0.29, 0.717) is 17.4 Å². The van der Waals surface area contributed by atoms with Gasteiger partial charge in [-0.3, -0.25) is 4.90 Å². The molecule has 0 radical (unpaired) electrons. The molecule has 3 aliphatic rings. The van der Waals surface area contributed by atoms with Crippen LogP contribution in [-0.4, -0.2) is 35.2 Å². The molecule has 4 nitrogen and oxygen atoms in total. The van der Waals surface area contributed by atoms with Gasteiger partial charge in [-0.05, 0) is 43.7 Å². The normalized spacial score (nSPS) is 27.9. The van der Waals surface area contributed by atoms with Gasteiger partial charge >= 0.3 is 5.97 Å². The highest BCUT2D eigenvalue weighted by atomic mass is 16.6. The van der Waals surface area contributed by atoms with E-state index in [9.17, 15) is 9.90 Å². The number of aliphatic hydroxyl groups is 1. The molecule has 0 spiro atoms. The number of hydrogen-bond donors (Lipinski definition) is 1. The summed E-state index contributed by atoms with van der Waals surface area (Å²) in [5, 5.41) is 11.8. The van der Waals surface area contributed by atoms with Gasteiger partial charge in [-0.2, -0.15) is 0 Å². The quantitative estimate of drug-likeness (QED) is 0.663.